The van der Waals surface area contributed by atoms with Crippen molar-refractivity contribution in [3.63, 3.8) is 0 Å². The van der Waals surface area contributed by atoms with E-state index in [0.29, 0.717) is 11.0 Å². The molecule has 0 aliphatic heterocycles. The fourth-order valence-corrected chi connectivity index (χ4v) is 1.48. The third kappa shape index (κ3) is 1.76. The molecular weight excluding hydrogens is 218 g/mol. The van der Waals surface area contributed by atoms with Gasteiger partial charge in [-0.05, 0) is 6.07 Å². The number of fused-ring (bicyclic) bond motifs is 1. The first kappa shape index (κ1) is 10.6. The Morgan fingerprint density at radius 2 is 2.06 bits per heavy atom. The van der Waals surface area contributed by atoms with Gasteiger partial charge in [-0.15, -0.1) is 0 Å². The molecule has 1 heterocycles. The Bertz CT molecular complexity index is 531. The van der Waals surface area contributed by atoms with Crippen molar-refractivity contribution in [1.82, 2.24) is 0 Å². The molecule has 0 saturated heterocycles. The smallest absolute Gasteiger partial charge is 0.374 e. The minimum Gasteiger partial charge on any atom is -0.477 e. The topological polar surface area (TPSA) is 50.4 Å². The molecule has 0 atom stereocenters. The average molecular weight is 226 g/mol. The molecule has 3 nitrogen and oxygen atoms in total. The number of hydrogen-bond acceptors (Lipinski definition) is 2. The zero-order chi connectivity index (χ0) is 11.8. The van der Waals surface area contributed by atoms with Gasteiger partial charge in [0.2, 0.25) is 0 Å². The van der Waals surface area contributed by atoms with Gasteiger partial charge in [0, 0.05) is 10.9 Å². The van der Waals surface area contributed by atoms with Gasteiger partial charge in [-0.3, -0.25) is 0 Å². The highest BCUT2D eigenvalue weighted by atomic mass is 19.3. The number of benzene rings is 1. The highest BCUT2D eigenvalue weighted by Crippen LogP contribution is 2.27. The number of carboxylic acids is 1. The van der Waals surface area contributed by atoms with Crippen LogP contribution in [0.5, 0.6) is 0 Å². The molecule has 0 spiro atoms. The molecular formula is C11H8F2O3. The lowest BCUT2D eigenvalue weighted by molar-refractivity contribution is -0.164. The van der Waals surface area contributed by atoms with Gasteiger partial charge >= 0.3 is 11.9 Å². The number of hydrogen-bond donors (Lipinski definition) is 1. The highest BCUT2D eigenvalue weighted by Gasteiger charge is 2.39. The number of alkyl halides is 2. The first-order valence-electron chi connectivity index (χ1n) is 4.57. The van der Waals surface area contributed by atoms with E-state index in [9.17, 15) is 13.6 Å². The van der Waals surface area contributed by atoms with E-state index in [1.54, 1.807) is 24.3 Å². The molecule has 2 rings (SSSR count). The molecule has 84 valence electrons. The molecule has 0 radical (unpaired) electrons. The lowest BCUT2D eigenvalue weighted by Crippen LogP contribution is -2.30. The molecule has 2 aromatic rings. The number of carboxylic acid groups (broad SMARTS) is 1. The summed E-state index contributed by atoms with van der Waals surface area (Å²) in [6.45, 7) is 0. The van der Waals surface area contributed by atoms with Crippen molar-refractivity contribution in [2.45, 2.75) is 12.3 Å². The zero-order valence-corrected chi connectivity index (χ0v) is 8.11. The van der Waals surface area contributed by atoms with Crippen LogP contribution in [0.1, 0.15) is 5.56 Å². The van der Waals surface area contributed by atoms with E-state index in [4.69, 9.17) is 9.52 Å². The maximum atomic E-state index is 13.0. The minimum atomic E-state index is -3.77. The predicted molar refractivity (Wildman–Crippen MR) is 52.5 cm³/mol. The molecule has 1 aromatic heterocycles. The lowest BCUT2D eigenvalue weighted by Gasteiger charge is -2.09. The highest BCUT2D eigenvalue weighted by molar-refractivity contribution is 5.82. The van der Waals surface area contributed by atoms with Crippen LogP contribution >= 0.6 is 0 Å². The number of halogens is 2. The maximum absolute atomic E-state index is 13.0. The van der Waals surface area contributed by atoms with Crippen molar-refractivity contribution in [2.24, 2.45) is 0 Å². The normalized spacial score (nSPS) is 11.9. The van der Waals surface area contributed by atoms with Crippen LogP contribution in [0.15, 0.2) is 34.9 Å². The molecule has 0 saturated carbocycles. The molecule has 0 aliphatic rings. The van der Waals surface area contributed by atoms with Crippen LogP contribution in [0.25, 0.3) is 11.0 Å². The summed E-state index contributed by atoms with van der Waals surface area (Å²) in [6, 6.07) is 6.65. The summed E-state index contributed by atoms with van der Waals surface area (Å²) in [7, 11) is 0. The van der Waals surface area contributed by atoms with Crippen molar-refractivity contribution < 1.29 is 23.1 Å². The SMILES string of the molecule is O=C(O)C(F)(F)Cc1coc2ccccc12. The summed E-state index contributed by atoms with van der Waals surface area (Å²) in [4.78, 5) is 10.3. The predicted octanol–water partition coefficient (Wildman–Crippen LogP) is 2.70. The largest absolute Gasteiger partial charge is 0.477 e. The Kier molecular flexibility index (Phi) is 2.38. The lowest BCUT2D eigenvalue weighted by atomic mass is 10.1. The summed E-state index contributed by atoms with van der Waals surface area (Å²) < 4.78 is 31.0. The monoisotopic (exact) mass is 226 g/mol. The van der Waals surface area contributed by atoms with E-state index >= 15 is 0 Å². The molecule has 0 aliphatic carbocycles. The van der Waals surface area contributed by atoms with Crippen LogP contribution in [0.3, 0.4) is 0 Å². The second-order valence-corrected chi connectivity index (χ2v) is 3.44. The molecule has 16 heavy (non-hydrogen) atoms. The zero-order valence-electron chi connectivity index (χ0n) is 8.11. The Balaban J connectivity index is 2.38. The van der Waals surface area contributed by atoms with Crippen LogP contribution in [-0.4, -0.2) is 17.0 Å². The van der Waals surface area contributed by atoms with Gasteiger partial charge in [-0.1, -0.05) is 18.2 Å². The van der Waals surface area contributed by atoms with Crippen LogP contribution in [0.4, 0.5) is 8.78 Å². The van der Waals surface area contributed by atoms with E-state index in [0.717, 1.165) is 0 Å². The van der Waals surface area contributed by atoms with Gasteiger partial charge in [-0.25, -0.2) is 4.79 Å². The summed E-state index contributed by atoms with van der Waals surface area (Å²) in [5.41, 5.74) is 0.668. The Labute approximate surface area is 89.3 Å². The summed E-state index contributed by atoms with van der Waals surface area (Å²) in [5, 5.41) is 8.85. The second-order valence-electron chi connectivity index (χ2n) is 3.44. The molecule has 1 N–H and O–H groups in total. The van der Waals surface area contributed by atoms with E-state index in [1.165, 1.54) is 6.26 Å². The first-order valence-corrected chi connectivity index (χ1v) is 4.57. The Hall–Kier alpha value is -1.91. The van der Waals surface area contributed by atoms with Crippen molar-refractivity contribution in [3.05, 3.63) is 36.1 Å². The Morgan fingerprint density at radius 1 is 1.38 bits per heavy atom. The third-order valence-electron chi connectivity index (χ3n) is 2.29. The van der Waals surface area contributed by atoms with Crippen molar-refractivity contribution in [1.29, 1.82) is 0 Å². The number of aliphatic carboxylic acids is 1. The average Bonchev–Trinajstić information content (AvgIpc) is 2.61. The van der Waals surface area contributed by atoms with E-state index in [2.05, 4.69) is 0 Å². The van der Waals surface area contributed by atoms with E-state index in [1.807, 2.05) is 0 Å². The number of para-hydroxylation sites is 1. The second kappa shape index (κ2) is 3.59. The fourth-order valence-electron chi connectivity index (χ4n) is 1.48. The number of rotatable bonds is 3. The van der Waals surface area contributed by atoms with Gasteiger partial charge in [0.1, 0.15) is 5.58 Å². The van der Waals surface area contributed by atoms with Gasteiger partial charge < -0.3 is 9.52 Å². The van der Waals surface area contributed by atoms with Crippen LogP contribution < -0.4 is 0 Å². The van der Waals surface area contributed by atoms with Crippen molar-refractivity contribution in [3.8, 4) is 0 Å². The summed E-state index contributed by atoms with van der Waals surface area (Å²) >= 11 is 0. The molecule has 1 aromatic carbocycles. The molecule has 0 fully saturated rings. The summed E-state index contributed by atoms with van der Waals surface area (Å²) in [5.74, 6) is -5.90. The minimum absolute atomic E-state index is 0.197. The van der Waals surface area contributed by atoms with Gasteiger partial charge in [-0.2, -0.15) is 8.78 Å². The fraction of sp³-hybridized carbons (Fsp3) is 0.182. The van der Waals surface area contributed by atoms with Crippen molar-refractivity contribution >= 4 is 16.9 Å². The van der Waals surface area contributed by atoms with Gasteiger partial charge in [0.25, 0.3) is 0 Å². The van der Waals surface area contributed by atoms with Crippen molar-refractivity contribution in [2.75, 3.05) is 0 Å². The van der Waals surface area contributed by atoms with Crippen LogP contribution in [0.2, 0.25) is 0 Å². The number of carbonyl (C=O) groups is 1. The quantitative estimate of drug-likeness (QED) is 0.875. The molecule has 0 unspecified atom stereocenters. The Morgan fingerprint density at radius 3 is 2.75 bits per heavy atom. The number of furan rings is 1. The van der Waals surface area contributed by atoms with E-state index < -0.39 is 18.3 Å². The van der Waals surface area contributed by atoms with Gasteiger partial charge in [0.05, 0.1) is 12.7 Å². The standard InChI is InChI=1S/C11H8F2O3/c12-11(13,10(14)15)5-7-6-16-9-4-2-1-3-8(7)9/h1-4,6H,5H2,(H,14,15). The maximum Gasteiger partial charge on any atom is 0.374 e. The molecule has 0 bridgehead atoms. The van der Waals surface area contributed by atoms with Crippen LogP contribution in [-0.2, 0) is 11.2 Å². The molecule has 0 amide bonds. The third-order valence-corrected chi connectivity index (χ3v) is 2.29. The molecule has 5 heteroatoms. The van der Waals surface area contributed by atoms with Gasteiger partial charge in [0.15, 0.2) is 0 Å². The van der Waals surface area contributed by atoms with E-state index in [-0.39, 0.29) is 5.56 Å². The first-order chi connectivity index (χ1) is 7.50. The summed E-state index contributed by atoms with van der Waals surface area (Å²) in [6.07, 6.45) is 0.306. The van der Waals surface area contributed by atoms with Crippen LogP contribution in [0, 0.1) is 0 Å².